The maximum atomic E-state index is 11.9. The maximum absolute atomic E-state index is 11.9. The lowest BCUT2D eigenvalue weighted by molar-refractivity contribution is -0.384. The monoisotopic (exact) mass is 315 g/mol. The van der Waals surface area contributed by atoms with Crippen molar-refractivity contribution in [3.05, 3.63) is 57.4 Å². The standard InChI is InChI=1S/C15H17N5O3/c1-15(2,3)13-8-12(17-18-13)14(21)19-16-9-10-4-6-11(7-5-10)20(22)23/h4-9H,1-3H3,(H,17,18)(H,19,21)/b16-9-. The number of hydrogen-bond acceptors (Lipinski definition) is 5. The number of carbonyl (C=O) groups excluding carboxylic acids is 1. The Hall–Kier alpha value is -3.03. The van der Waals surface area contributed by atoms with Gasteiger partial charge in [0, 0.05) is 23.2 Å². The number of aromatic nitrogens is 2. The molecule has 0 saturated heterocycles. The molecule has 120 valence electrons. The summed E-state index contributed by atoms with van der Waals surface area (Å²) in [4.78, 5) is 22.0. The van der Waals surface area contributed by atoms with Gasteiger partial charge in [0.15, 0.2) is 5.69 Å². The zero-order valence-corrected chi connectivity index (χ0v) is 13.0. The molecule has 8 heteroatoms. The topological polar surface area (TPSA) is 113 Å². The third-order valence-electron chi connectivity index (χ3n) is 3.10. The fourth-order valence-electron chi connectivity index (χ4n) is 1.73. The van der Waals surface area contributed by atoms with Crippen LogP contribution in [0.2, 0.25) is 0 Å². The number of nitro groups is 1. The van der Waals surface area contributed by atoms with Gasteiger partial charge in [0.05, 0.1) is 11.1 Å². The molecule has 0 aliphatic rings. The van der Waals surface area contributed by atoms with Crippen LogP contribution in [0.5, 0.6) is 0 Å². The lowest BCUT2D eigenvalue weighted by Crippen LogP contribution is -2.18. The van der Waals surface area contributed by atoms with Gasteiger partial charge in [-0.2, -0.15) is 10.2 Å². The second-order valence-corrected chi connectivity index (χ2v) is 5.96. The fraction of sp³-hybridized carbons (Fsp3) is 0.267. The second kappa shape index (κ2) is 6.39. The van der Waals surface area contributed by atoms with Gasteiger partial charge in [-0.3, -0.25) is 20.0 Å². The van der Waals surface area contributed by atoms with Crippen LogP contribution in [0.4, 0.5) is 5.69 Å². The van der Waals surface area contributed by atoms with Crippen LogP contribution < -0.4 is 5.43 Å². The summed E-state index contributed by atoms with van der Waals surface area (Å²) in [5.74, 6) is -0.435. The predicted octanol–water partition coefficient (Wildman–Crippen LogP) is 2.38. The van der Waals surface area contributed by atoms with Crippen molar-refractivity contribution in [1.82, 2.24) is 15.6 Å². The van der Waals surface area contributed by atoms with E-state index in [0.29, 0.717) is 5.56 Å². The van der Waals surface area contributed by atoms with Crippen molar-refractivity contribution in [2.45, 2.75) is 26.2 Å². The molecule has 23 heavy (non-hydrogen) atoms. The molecule has 1 heterocycles. The number of aromatic amines is 1. The van der Waals surface area contributed by atoms with Crippen LogP contribution in [-0.2, 0) is 5.41 Å². The molecule has 0 atom stereocenters. The Morgan fingerprint density at radius 3 is 2.52 bits per heavy atom. The number of carbonyl (C=O) groups is 1. The van der Waals surface area contributed by atoms with Crippen LogP contribution in [0.15, 0.2) is 35.4 Å². The lowest BCUT2D eigenvalue weighted by Gasteiger charge is -2.14. The highest BCUT2D eigenvalue weighted by atomic mass is 16.6. The Morgan fingerprint density at radius 1 is 1.35 bits per heavy atom. The van der Waals surface area contributed by atoms with E-state index in [1.54, 1.807) is 18.2 Å². The molecular formula is C15H17N5O3. The van der Waals surface area contributed by atoms with Crippen molar-refractivity contribution in [3.8, 4) is 0 Å². The minimum atomic E-state index is -0.479. The predicted molar refractivity (Wildman–Crippen MR) is 85.4 cm³/mol. The fourth-order valence-corrected chi connectivity index (χ4v) is 1.73. The molecule has 0 bridgehead atoms. The van der Waals surface area contributed by atoms with Gasteiger partial charge in [-0.1, -0.05) is 20.8 Å². The van der Waals surface area contributed by atoms with E-state index < -0.39 is 10.8 Å². The molecule has 2 aromatic rings. The van der Waals surface area contributed by atoms with Crippen LogP contribution in [0.1, 0.15) is 42.5 Å². The minimum Gasteiger partial charge on any atom is -0.281 e. The summed E-state index contributed by atoms with van der Waals surface area (Å²) in [6.45, 7) is 6.03. The molecule has 0 spiro atoms. The second-order valence-electron chi connectivity index (χ2n) is 5.96. The van der Waals surface area contributed by atoms with Gasteiger partial charge in [-0.15, -0.1) is 0 Å². The van der Waals surface area contributed by atoms with Gasteiger partial charge in [0.2, 0.25) is 0 Å². The highest BCUT2D eigenvalue weighted by molar-refractivity contribution is 5.93. The third kappa shape index (κ3) is 4.22. The lowest BCUT2D eigenvalue weighted by atomic mass is 9.92. The van der Waals surface area contributed by atoms with Gasteiger partial charge in [0.1, 0.15) is 0 Å². The summed E-state index contributed by atoms with van der Waals surface area (Å²) in [5, 5.41) is 21.1. The molecule has 1 aromatic carbocycles. The molecular weight excluding hydrogens is 298 g/mol. The van der Waals surface area contributed by atoms with Gasteiger partial charge in [-0.05, 0) is 23.8 Å². The molecule has 2 N–H and O–H groups in total. The van der Waals surface area contributed by atoms with Crippen LogP contribution in [-0.4, -0.2) is 27.2 Å². The molecule has 1 aromatic heterocycles. The van der Waals surface area contributed by atoms with Gasteiger partial charge < -0.3 is 0 Å². The summed E-state index contributed by atoms with van der Waals surface area (Å²) in [5.41, 5.74) is 3.96. The van der Waals surface area contributed by atoms with Crippen LogP contribution >= 0.6 is 0 Å². The Labute approximate surface area is 132 Å². The Kier molecular flexibility index (Phi) is 4.54. The number of amides is 1. The van der Waals surface area contributed by atoms with E-state index in [-0.39, 0.29) is 16.8 Å². The van der Waals surface area contributed by atoms with Crippen LogP contribution in [0, 0.1) is 10.1 Å². The van der Waals surface area contributed by atoms with Crippen molar-refractivity contribution in [3.63, 3.8) is 0 Å². The maximum Gasteiger partial charge on any atom is 0.291 e. The van der Waals surface area contributed by atoms with E-state index in [1.165, 1.54) is 18.3 Å². The minimum absolute atomic E-state index is 0.00239. The van der Waals surface area contributed by atoms with Crippen molar-refractivity contribution < 1.29 is 9.72 Å². The van der Waals surface area contributed by atoms with Crippen molar-refractivity contribution in [1.29, 1.82) is 0 Å². The van der Waals surface area contributed by atoms with Crippen molar-refractivity contribution in [2.24, 2.45) is 5.10 Å². The van der Waals surface area contributed by atoms with E-state index in [0.717, 1.165) is 5.69 Å². The van der Waals surface area contributed by atoms with Crippen LogP contribution in [0.25, 0.3) is 0 Å². The SMILES string of the molecule is CC(C)(C)c1cc(C(=O)N/N=C\c2ccc([N+](=O)[O-])cc2)n[nH]1. The zero-order valence-electron chi connectivity index (χ0n) is 13.0. The summed E-state index contributed by atoms with van der Waals surface area (Å²) in [7, 11) is 0. The molecule has 0 unspecified atom stereocenters. The average molecular weight is 315 g/mol. The third-order valence-corrected chi connectivity index (χ3v) is 3.10. The molecule has 8 nitrogen and oxygen atoms in total. The molecule has 0 aliphatic heterocycles. The summed E-state index contributed by atoms with van der Waals surface area (Å²) >= 11 is 0. The first kappa shape index (κ1) is 16.3. The Bertz CT molecular complexity index is 741. The highest BCUT2D eigenvalue weighted by Gasteiger charge is 2.19. The number of non-ortho nitro benzene ring substituents is 1. The van der Waals surface area contributed by atoms with E-state index in [9.17, 15) is 14.9 Å². The first-order chi connectivity index (χ1) is 10.8. The van der Waals surface area contributed by atoms with E-state index in [2.05, 4.69) is 20.7 Å². The largest absolute Gasteiger partial charge is 0.291 e. The number of hydrazone groups is 1. The first-order valence-corrected chi connectivity index (χ1v) is 6.91. The molecule has 1 amide bonds. The molecule has 0 fully saturated rings. The quantitative estimate of drug-likeness (QED) is 0.512. The number of nitro benzene ring substituents is 1. The van der Waals surface area contributed by atoms with Gasteiger partial charge >= 0.3 is 0 Å². The summed E-state index contributed by atoms with van der Waals surface area (Å²) < 4.78 is 0. The number of H-pyrrole nitrogens is 1. The number of nitrogens with one attached hydrogen (secondary N) is 2. The normalized spacial score (nSPS) is 11.6. The average Bonchev–Trinajstić information content (AvgIpc) is 2.97. The zero-order chi connectivity index (χ0) is 17.0. The number of benzene rings is 1. The first-order valence-electron chi connectivity index (χ1n) is 6.91. The van der Waals surface area contributed by atoms with Crippen molar-refractivity contribution in [2.75, 3.05) is 0 Å². The van der Waals surface area contributed by atoms with E-state index in [4.69, 9.17) is 0 Å². The Balaban J connectivity index is 1.98. The number of rotatable bonds is 4. The van der Waals surface area contributed by atoms with Crippen LogP contribution in [0.3, 0.4) is 0 Å². The molecule has 0 aliphatic carbocycles. The highest BCUT2D eigenvalue weighted by Crippen LogP contribution is 2.20. The van der Waals surface area contributed by atoms with Gasteiger partial charge in [0.25, 0.3) is 11.6 Å². The van der Waals surface area contributed by atoms with E-state index >= 15 is 0 Å². The Morgan fingerprint density at radius 2 is 2.00 bits per heavy atom. The van der Waals surface area contributed by atoms with Gasteiger partial charge in [-0.25, -0.2) is 5.43 Å². The number of hydrogen-bond donors (Lipinski definition) is 2. The van der Waals surface area contributed by atoms with Crippen molar-refractivity contribution >= 4 is 17.8 Å². The summed E-state index contributed by atoms with van der Waals surface area (Å²) in [6, 6.07) is 7.50. The molecule has 0 radical (unpaired) electrons. The number of nitrogens with zero attached hydrogens (tertiary/aromatic N) is 3. The van der Waals surface area contributed by atoms with E-state index in [1.807, 2.05) is 20.8 Å². The smallest absolute Gasteiger partial charge is 0.281 e. The molecule has 2 rings (SSSR count). The summed E-state index contributed by atoms with van der Waals surface area (Å²) in [6.07, 6.45) is 1.40. The molecule has 0 saturated carbocycles.